The van der Waals surface area contributed by atoms with E-state index in [-0.39, 0.29) is 0 Å². The van der Waals surface area contributed by atoms with E-state index >= 15 is 0 Å². The molecule has 0 aromatic heterocycles. The second kappa shape index (κ2) is 7.25. The first kappa shape index (κ1) is 23.2. The summed E-state index contributed by atoms with van der Waals surface area (Å²) in [7, 11) is 0. The van der Waals surface area contributed by atoms with E-state index in [1.165, 1.54) is 70.6 Å². The number of hydrogen-bond donors (Lipinski definition) is 0. The predicted octanol–water partition coefficient (Wildman–Crippen LogP) is 9.52. The molecule has 174 valence electrons. The van der Waals surface area contributed by atoms with Crippen LogP contribution < -0.4 is 0 Å². The highest BCUT2D eigenvalue weighted by Gasteiger charge is 2.68. The lowest BCUT2D eigenvalue weighted by atomic mass is 9.32. The zero-order valence-electron chi connectivity index (χ0n) is 22.2. The van der Waals surface area contributed by atoms with E-state index in [1.807, 2.05) is 0 Å². The first-order valence-electron chi connectivity index (χ1n) is 13.9. The summed E-state index contributed by atoms with van der Waals surface area (Å²) in [6.45, 7) is 23.7. The fraction of sp³-hybridized carbons (Fsp3) is 1.00. The highest BCUT2D eigenvalue weighted by atomic mass is 14.7. The Hall–Kier alpha value is 0. The normalized spacial score (nSPS) is 55.3. The summed E-state index contributed by atoms with van der Waals surface area (Å²) in [5, 5.41) is 0. The van der Waals surface area contributed by atoms with Crippen LogP contribution in [-0.4, -0.2) is 0 Å². The van der Waals surface area contributed by atoms with E-state index in [2.05, 4.69) is 62.3 Å². The van der Waals surface area contributed by atoms with E-state index in [1.54, 1.807) is 0 Å². The number of hydrogen-bond acceptors (Lipinski definition) is 0. The third-order valence-electron chi connectivity index (χ3n) is 13.5. The lowest BCUT2D eigenvalue weighted by molar-refractivity contribution is -0.242. The van der Waals surface area contributed by atoms with Crippen molar-refractivity contribution in [3.05, 3.63) is 0 Å². The zero-order chi connectivity index (χ0) is 22.2. The van der Waals surface area contributed by atoms with Gasteiger partial charge in [-0.1, -0.05) is 75.2 Å². The van der Waals surface area contributed by atoms with Crippen LogP contribution in [0.25, 0.3) is 0 Å². The molecule has 0 heterocycles. The Morgan fingerprint density at radius 1 is 0.700 bits per heavy atom. The summed E-state index contributed by atoms with van der Waals surface area (Å²) in [4.78, 5) is 0. The van der Waals surface area contributed by atoms with E-state index in [9.17, 15) is 0 Å². The molecule has 9 atom stereocenters. The molecule has 4 aliphatic carbocycles. The molecule has 0 spiro atoms. The van der Waals surface area contributed by atoms with Gasteiger partial charge >= 0.3 is 0 Å². The predicted molar refractivity (Wildman–Crippen MR) is 131 cm³/mol. The lowest BCUT2D eigenvalue weighted by Crippen LogP contribution is -2.65. The quantitative estimate of drug-likeness (QED) is 0.431. The van der Waals surface area contributed by atoms with E-state index in [0.717, 1.165) is 29.6 Å². The highest BCUT2D eigenvalue weighted by Crippen LogP contribution is 2.76. The summed E-state index contributed by atoms with van der Waals surface area (Å²) in [5.74, 6) is 4.69. The van der Waals surface area contributed by atoms with Crippen molar-refractivity contribution >= 4 is 0 Å². The minimum Gasteiger partial charge on any atom is -0.0654 e. The van der Waals surface area contributed by atoms with Gasteiger partial charge in [-0.05, 0) is 114 Å². The van der Waals surface area contributed by atoms with Gasteiger partial charge in [0.2, 0.25) is 0 Å². The number of rotatable bonds is 3. The molecule has 0 aliphatic heterocycles. The Balaban J connectivity index is 1.73. The monoisotopic (exact) mass is 414 g/mol. The van der Waals surface area contributed by atoms with Gasteiger partial charge in [-0.25, -0.2) is 0 Å². The van der Waals surface area contributed by atoms with Crippen molar-refractivity contribution in [3.63, 3.8) is 0 Å². The zero-order valence-corrected chi connectivity index (χ0v) is 22.2. The summed E-state index contributed by atoms with van der Waals surface area (Å²) < 4.78 is 0. The van der Waals surface area contributed by atoms with Gasteiger partial charge in [-0.3, -0.25) is 0 Å². The second-order valence-electron chi connectivity index (χ2n) is 14.3. The summed E-state index contributed by atoms with van der Waals surface area (Å²) >= 11 is 0. The molecule has 0 saturated heterocycles. The molecule has 0 radical (unpaired) electrons. The van der Waals surface area contributed by atoms with E-state index in [4.69, 9.17) is 0 Å². The fourth-order valence-electron chi connectivity index (χ4n) is 10.8. The van der Waals surface area contributed by atoms with Gasteiger partial charge in [-0.2, -0.15) is 0 Å². The maximum absolute atomic E-state index is 2.80. The van der Waals surface area contributed by atoms with Crippen LogP contribution in [0.15, 0.2) is 0 Å². The third-order valence-corrected chi connectivity index (χ3v) is 13.5. The lowest BCUT2D eigenvalue weighted by Gasteiger charge is -2.73. The van der Waals surface area contributed by atoms with Crippen LogP contribution in [0.4, 0.5) is 0 Å². The van der Waals surface area contributed by atoms with Gasteiger partial charge < -0.3 is 0 Å². The van der Waals surface area contributed by atoms with Gasteiger partial charge in [0.15, 0.2) is 0 Å². The van der Waals surface area contributed by atoms with E-state index in [0.29, 0.717) is 27.1 Å². The van der Waals surface area contributed by atoms with Crippen LogP contribution in [0.1, 0.15) is 133 Å². The maximum atomic E-state index is 2.80. The van der Waals surface area contributed by atoms with Gasteiger partial charge in [0.1, 0.15) is 0 Å². The molecule has 0 heteroatoms. The minimum atomic E-state index is 0.518. The standard InChI is InChI=1S/C30H54/c1-10-12-22-23-13-14-25-28(7)17-15-21(3)26(4,5)24(28)16-18-30(25,9)29(23,8)20-19-27(22,6)11-2/h21-25H,10-20H2,1-9H3. The van der Waals surface area contributed by atoms with Crippen LogP contribution in [0.3, 0.4) is 0 Å². The SMILES string of the molecule is CCCC1C2CCC3C4(C)CCC(C)C(C)(C)C4CCC3(C)C2(C)CCC1(C)CC. The van der Waals surface area contributed by atoms with Crippen LogP contribution in [0, 0.1) is 56.7 Å². The Kier molecular flexibility index (Phi) is 5.60. The van der Waals surface area contributed by atoms with Crippen LogP contribution in [-0.2, 0) is 0 Å². The first-order chi connectivity index (χ1) is 13.9. The largest absolute Gasteiger partial charge is 0.0654 e. The molecule has 0 aromatic carbocycles. The van der Waals surface area contributed by atoms with Gasteiger partial charge in [0.25, 0.3) is 0 Å². The van der Waals surface area contributed by atoms with Crippen molar-refractivity contribution in [3.8, 4) is 0 Å². The molecule has 0 bridgehead atoms. The smallest absolute Gasteiger partial charge is 0.0235 e. The average Bonchev–Trinajstić information content (AvgIpc) is 2.69. The van der Waals surface area contributed by atoms with Crippen molar-refractivity contribution in [2.75, 3.05) is 0 Å². The van der Waals surface area contributed by atoms with Crippen LogP contribution in [0.2, 0.25) is 0 Å². The molecule has 30 heavy (non-hydrogen) atoms. The molecule has 0 aromatic rings. The van der Waals surface area contributed by atoms with Gasteiger partial charge in [0, 0.05) is 0 Å². The molecule has 4 fully saturated rings. The second-order valence-corrected chi connectivity index (χ2v) is 14.3. The molecule has 9 unspecified atom stereocenters. The molecule has 4 rings (SSSR count). The maximum Gasteiger partial charge on any atom is -0.0235 e. The molecule has 0 amide bonds. The van der Waals surface area contributed by atoms with E-state index < -0.39 is 0 Å². The van der Waals surface area contributed by atoms with Crippen molar-refractivity contribution in [1.82, 2.24) is 0 Å². The molecule has 0 nitrogen and oxygen atoms in total. The van der Waals surface area contributed by atoms with Crippen LogP contribution >= 0.6 is 0 Å². The Labute approximate surface area is 189 Å². The van der Waals surface area contributed by atoms with Gasteiger partial charge in [-0.15, -0.1) is 0 Å². The Morgan fingerprint density at radius 2 is 1.40 bits per heavy atom. The molecule has 4 aliphatic rings. The van der Waals surface area contributed by atoms with Crippen molar-refractivity contribution in [1.29, 1.82) is 0 Å². The summed E-state index contributed by atoms with van der Waals surface area (Å²) in [5.41, 5.74) is 2.80. The Bertz CT molecular complexity index is 646. The number of fused-ring (bicyclic) bond motifs is 5. The topological polar surface area (TPSA) is 0 Å². The van der Waals surface area contributed by atoms with Crippen molar-refractivity contribution in [2.24, 2.45) is 56.7 Å². The molecule has 4 saturated carbocycles. The summed E-state index contributed by atoms with van der Waals surface area (Å²) in [6, 6.07) is 0. The third kappa shape index (κ3) is 2.83. The molecular weight excluding hydrogens is 360 g/mol. The van der Waals surface area contributed by atoms with Crippen molar-refractivity contribution in [2.45, 2.75) is 133 Å². The summed E-state index contributed by atoms with van der Waals surface area (Å²) in [6.07, 6.45) is 16.2. The molecular formula is C30H54. The highest BCUT2D eigenvalue weighted by molar-refractivity contribution is 5.17. The Morgan fingerprint density at radius 3 is 2.03 bits per heavy atom. The fourth-order valence-corrected chi connectivity index (χ4v) is 10.8. The first-order valence-corrected chi connectivity index (χ1v) is 13.9. The minimum absolute atomic E-state index is 0.518. The van der Waals surface area contributed by atoms with Gasteiger partial charge in [0.05, 0.1) is 0 Å². The average molecular weight is 415 g/mol. The van der Waals surface area contributed by atoms with Crippen LogP contribution in [0.5, 0.6) is 0 Å². The molecule has 0 N–H and O–H groups in total. The van der Waals surface area contributed by atoms with Crippen molar-refractivity contribution < 1.29 is 0 Å².